The lowest BCUT2D eigenvalue weighted by Gasteiger charge is -2.31. The molecule has 23 heavy (non-hydrogen) atoms. The van der Waals surface area contributed by atoms with Gasteiger partial charge in [0.2, 0.25) is 6.23 Å². The number of ether oxygens (including phenoxy) is 2. The molecule has 11 heteroatoms. The second-order valence-electron chi connectivity index (χ2n) is 5.62. The summed E-state index contributed by atoms with van der Waals surface area (Å²) in [6.45, 7) is 2.06. The van der Waals surface area contributed by atoms with Gasteiger partial charge in [-0.05, 0) is 11.5 Å². The normalized spacial score (nSPS) is 36.4. The Bertz CT molecular complexity index is 779. The molecule has 2 bridgehead atoms. The first-order valence-electron chi connectivity index (χ1n) is 6.74. The number of nitrogens with zero attached hydrogens (tertiary/aromatic N) is 1. The molecule has 0 amide bonds. The Balaban J connectivity index is 2.00. The fourth-order valence-corrected chi connectivity index (χ4v) is 3.12. The molecule has 0 saturated carbocycles. The van der Waals surface area contributed by atoms with Gasteiger partial charge in [-0.25, -0.2) is 9.18 Å². The summed E-state index contributed by atoms with van der Waals surface area (Å²) in [5.74, 6) is -2.68. The molecule has 0 spiro atoms. The van der Waals surface area contributed by atoms with Gasteiger partial charge in [0.25, 0.3) is 11.4 Å². The minimum absolute atomic E-state index is 0.163. The number of rotatable bonds is 4. The molecule has 2 fully saturated rings. The maximum absolute atomic E-state index is 15.0. The number of aliphatic hydroxyl groups is 1. The van der Waals surface area contributed by atoms with E-state index in [4.69, 9.17) is 14.0 Å². The summed E-state index contributed by atoms with van der Waals surface area (Å²) < 4.78 is 42.4. The van der Waals surface area contributed by atoms with Crippen molar-refractivity contribution in [3.63, 3.8) is 0 Å². The zero-order valence-corrected chi connectivity index (χ0v) is 13.2. The van der Waals surface area contributed by atoms with E-state index in [0.29, 0.717) is 0 Å². The Morgan fingerprint density at radius 1 is 1.61 bits per heavy atom. The second-order valence-corrected chi connectivity index (χ2v) is 6.75. The van der Waals surface area contributed by atoms with Crippen LogP contribution >= 0.6 is 8.03 Å². The molecule has 1 aromatic rings. The minimum Gasteiger partial charge on any atom is -0.384 e. The zero-order chi connectivity index (χ0) is 17.0. The predicted molar refractivity (Wildman–Crippen MR) is 74.2 cm³/mol. The Hall–Kier alpha value is -1.45. The van der Waals surface area contributed by atoms with Gasteiger partial charge in [-0.3, -0.25) is 14.3 Å². The van der Waals surface area contributed by atoms with Gasteiger partial charge in [0.15, 0.2) is 18.4 Å². The second kappa shape index (κ2) is 5.29. The maximum Gasteiger partial charge on any atom is 0.504 e. The molecule has 2 aliphatic rings. The van der Waals surface area contributed by atoms with Crippen molar-refractivity contribution in [1.29, 1.82) is 0 Å². The lowest BCUT2D eigenvalue weighted by Crippen LogP contribution is -2.45. The van der Waals surface area contributed by atoms with E-state index in [1.54, 1.807) is 0 Å². The van der Waals surface area contributed by atoms with Crippen molar-refractivity contribution in [3.05, 3.63) is 32.6 Å². The van der Waals surface area contributed by atoms with Gasteiger partial charge in [0.05, 0.1) is 6.61 Å². The Morgan fingerprint density at radius 3 is 2.96 bits per heavy atom. The number of alkyl halides is 1. The summed E-state index contributed by atoms with van der Waals surface area (Å²) >= 11 is 0. The molecule has 0 aliphatic carbocycles. The third kappa shape index (κ3) is 2.38. The molecule has 5 atom stereocenters. The highest BCUT2D eigenvalue weighted by atomic mass is 31.1. The van der Waals surface area contributed by atoms with Crippen LogP contribution in [0, 0.1) is 6.92 Å². The van der Waals surface area contributed by atoms with Gasteiger partial charge in [0, 0.05) is 11.8 Å². The van der Waals surface area contributed by atoms with Crippen molar-refractivity contribution in [2.24, 2.45) is 0 Å². The number of aromatic nitrogens is 2. The molecular formula is C12H15FN2O7P+. The Kier molecular flexibility index (Phi) is 3.77. The van der Waals surface area contributed by atoms with Crippen LogP contribution in [-0.2, 0) is 18.6 Å². The number of aryl methyl sites for hydroxylation is 1. The van der Waals surface area contributed by atoms with Gasteiger partial charge in [-0.1, -0.05) is 0 Å². The maximum atomic E-state index is 15.0. The van der Waals surface area contributed by atoms with Crippen molar-refractivity contribution in [1.82, 2.24) is 9.55 Å². The highest BCUT2D eigenvalue weighted by molar-refractivity contribution is 7.38. The summed E-state index contributed by atoms with van der Waals surface area (Å²) in [6.07, 6.45) is -2.22. The van der Waals surface area contributed by atoms with Crippen LogP contribution in [0.2, 0.25) is 0 Å². The average Bonchev–Trinajstić information content (AvgIpc) is 2.85. The molecule has 3 heterocycles. The molecule has 0 radical (unpaired) electrons. The molecule has 9 nitrogen and oxygen atoms in total. The molecular weight excluding hydrogens is 334 g/mol. The summed E-state index contributed by atoms with van der Waals surface area (Å²) in [5, 5.41) is 10.2. The summed E-state index contributed by atoms with van der Waals surface area (Å²) in [4.78, 5) is 25.4. The largest absolute Gasteiger partial charge is 0.504 e. The zero-order valence-electron chi connectivity index (χ0n) is 12.3. The highest BCUT2D eigenvalue weighted by Crippen LogP contribution is 2.53. The number of hydrogen-bond acceptors (Lipinski definition) is 7. The first kappa shape index (κ1) is 16.4. The number of nitrogens with one attached hydrogen (secondary N) is 1. The molecule has 1 aromatic heterocycles. The van der Waals surface area contributed by atoms with Crippen LogP contribution in [0.4, 0.5) is 4.39 Å². The SMILES string of the molecule is Cc1cn([C@@H]2O[C@@]3(CO[P+](C)=O)CO[C@]2(F)[C@@H]3O)c(=O)[nH]c1=O. The van der Waals surface area contributed by atoms with Gasteiger partial charge >= 0.3 is 13.7 Å². The number of aliphatic hydroxyl groups excluding tert-OH is 1. The van der Waals surface area contributed by atoms with E-state index in [9.17, 15) is 19.3 Å². The molecule has 2 N–H and O–H groups in total. The molecule has 1 unspecified atom stereocenters. The van der Waals surface area contributed by atoms with Crippen LogP contribution in [0.25, 0.3) is 0 Å². The van der Waals surface area contributed by atoms with E-state index in [0.717, 1.165) is 10.8 Å². The van der Waals surface area contributed by atoms with Crippen molar-refractivity contribution >= 4 is 8.03 Å². The third-order valence-corrected chi connectivity index (χ3v) is 4.47. The van der Waals surface area contributed by atoms with Gasteiger partial charge in [0.1, 0.15) is 6.61 Å². The first-order valence-corrected chi connectivity index (χ1v) is 8.37. The van der Waals surface area contributed by atoms with Gasteiger partial charge < -0.3 is 14.6 Å². The van der Waals surface area contributed by atoms with Crippen molar-refractivity contribution < 1.29 is 28.1 Å². The summed E-state index contributed by atoms with van der Waals surface area (Å²) in [5.41, 5.74) is -2.92. The van der Waals surface area contributed by atoms with E-state index in [2.05, 4.69) is 0 Å². The van der Waals surface area contributed by atoms with Crippen molar-refractivity contribution in [3.8, 4) is 0 Å². The standard InChI is InChI=1S/C12H14FN2O7P/c1-6-3-15(10(18)14-7(6)16)9-12(13)8(17)11(22-9,4-20-12)5-21-23(2)19/h3,8-9,17H,4-5H2,1-2H3/p+1/t8-,9-,11-,12-/m1/s1. The number of fused-ring (bicyclic) bond motifs is 2. The van der Waals surface area contributed by atoms with E-state index >= 15 is 4.39 Å². The fourth-order valence-electron chi connectivity index (χ4n) is 2.72. The topological polar surface area (TPSA) is 120 Å². The Labute approximate surface area is 129 Å². The molecule has 0 aromatic carbocycles. The lowest BCUT2D eigenvalue weighted by atomic mass is 9.99. The van der Waals surface area contributed by atoms with Crippen LogP contribution in [0.5, 0.6) is 0 Å². The van der Waals surface area contributed by atoms with Crippen LogP contribution in [0.3, 0.4) is 0 Å². The van der Waals surface area contributed by atoms with Crippen molar-refractivity contribution in [2.45, 2.75) is 30.7 Å². The van der Waals surface area contributed by atoms with Crippen LogP contribution < -0.4 is 11.2 Å². The number of halogens is 1. The van der Waals surface area contributed by atoms with E-state index < -0.39 is 43.1 Å². The number of aromatic amines is 1. The quantitative estimate of drug-likeness (QED) is 0.707. The number of hydrogen-bond donors (Lipinski definition) is 2. The number of H-pyrrole nitrogens is 1. The Morgan fingerprint density at radius 2 is 2.30 bits per heavy atom. The van der Waals surface area contributed by atoms with Crippen LogP contribution in [-0.4, -0.2) is 52.1 Å². The van der Waals surface area contributed by atoms with E-state index in [1.165, 1.54) is 13.6 Å². The fraction of sp³-hybridized carbons (Fsp3) is 0.667. The first-order chi connectivity index (χ1) is 10.7. The van der Waals surface area contributed by atoms with E-state index in [-0.39, 0.29) is 18.8 Å². The summed E-state index contributed by atoms with van der Waals surface area (Å²) in [6, 6.07) is 0. The molecule has 3 rings (SSSR count). The summed E-state index contributed by atoms with van der Waals surface area (Å²) in [7, 11) is -1.99. The molecule has 2 saturated heterocycles. The van der Waals surface area contributed by atoms with Crippen LogP contribution in [0.15, 0.2) is 15.8 Å². The van der Waals surface area contributed by atoms with E-state index in [1.807, 2.05) is 4.98 Å². The molecule has 2 aliphatic heterocycles. The highest BCUT2D eigenvalue weighted by Gasteiger charge is 2.73. The monoisotopic (exact) mass is 349 g/mol. The predicted octanol–water partition coefficient (Wildman–Crippen LogP) is -0.442. The lowest BCUT2D eigenvalue weighted by molar-refractivity contribution is -0.261. The van der Waals surface area contributed by atoms with Crippen LogP contribution in [0.1, 0.15) is 11.8 Å². The smallest absolute Gasteiger partial charge is 0.384 e. The molecule has 126 valence electrons. The van der Waals surface area contributed by atoms with Gasteiger partial charge in [-0.15, -0.1) is 4.52 Å². The van der Waals surface area contributed by atoms with Crippen molar-refractivity contribution in [2.75, 3.05) is 19.9 Å². The minimum atomic E-state index is -2.68. The third-order valence-electron chi connectivity index (χ3n) is 3.98. The average molecular weight is 349 g/mol. The van der Waals surface area contributed by atoms with Gasteiger partial charge in [-0.2, -0.15) is 0 Å².